The lowest BCUT2D eigenvalue weighted by molar-refractivity contribution is 0.194. The van der Waals surface area contributed by atoms with Gasteiger partial charge in [-0.1, -0.05) is 23.4 Å². The molecule has 1 aromatic carbocycles. The van der Waals surface area contributed by atoms with Crippen molar-refractivity contribution >= 4 is 29.5 Å². The average Bonchev–Trinajstić information content (AvgIpc) is 3.00. The van der Waals surface area contributed by atoms with Crippen LogP contribution in [0.1, 0.15) is 5.69 Å². The maximum absolute atomic E-state index is 13.7. The fraction of sp³-hybridized carbons (Fsp3) is 0.118. The van der Waals surface area contributed by atoms with Gasteiger partial charge in [-0.2, -0.15) is 5.10 Å². The largest absolute Gasteiger partial charge is 0.465 e. The second-order valence-corrected chi connectivity index (χ2v) is 6.76. The number of hydrogen-bond donors (Lipinski definition) is 2. The summed E-state index contributed by atoms with van der Waals surface area (Å²) in [5, 5.41) is 16.5. The molecule has 0 atom stereocenters. The third kappa shape index (κ3) is 4.53. The molecule has 0 aliphatic rings. The highest BCUT2D eigenvalue weighted by Gasteiger charge is 2.15. The van der Waals surface area contributed by atoms with Gasteiger partial charge in [-0.15, -0.1) is 0 Å². The molecule has 6 nitrogen and oxygen atoms in total. The van der Waals surface area contributed by atoms with Crippen LogP contribution in [0.4, 0.5) is 9.18 Å². The Bertz CT molecular complexity index is 920. The van der Waals surface area contributed by atoms with E-state index in [9.17, 15) is 9.18 Å². The summed E-state index contributed by atoms with van der Waals surface area (Å²) < 4.78 is 15.3. The summed E-state index contributed by atoms with van der Waals surface area (Å²) in [5.74, 6) is -0.425. The van der Waals surface area contributed by atoms with E-state index in [-0.39, 0.29) is 6.54 Å². The van der Waals surface area contributed by atoms with Crippen LogP contribution in [0.25, 0.3) is 5.69 Å². The van der Waals surface area contributed by atoms with Gasteiger partial charge in [-0.05, 0) is 30.3 Å². The van der Waals surface area contributed by atoms with Crippen molar-refractivity contribution in [3.8, 4) is 5.69 Å². The predicted octanol–water partition coefficient (Wildman–Crippen LogP) is 4.02. The van der Waals surface area contributed by atoms with E-state index in [0.717, 1.165) is 9.92 Å². The quantitative estimate of drug-likeness (QED) is 0.662. The average molecular weight is 393 g/mol. The van der Waals surface area contributed by atoms with Crippen LogP contribution in [-0.4, -0.2) is 32.5 Å². The van der Waals surface area contributed by atoms with Crippen LogP contribution in [0.15, 0.2) is 58.7 Å². The molecule has 0 saturated carbocycles. The number of carboxylic acid groups (broad SMARTS) is 1. The molecule has 0 radical (unpaired) electrons. The van der Waals surface area contributed by atoms with Gasteiger partial charge in [-0.3, -0.25) is 4.98 Å². The first kappa shape index (κ1) is 18.2. The maximum Gasteiger partial charge on any atom is 0.404 e. The molecular weight excluding hydrogens is 379 g/mol. The predicted molar refractivity (Wildman–Crippen MR) is 96.6 cm³/mol. The van der Waals surface area contributed by atoms with Gasteiger partial charge < -0.3 is 10.4 Å². The van der Waals surface area contributed by atoms with E-state index in [0.29, 0.717) is 22.8 Å². The number of nitrogens with one attached hydrogen (secondary N) is 1. The normalized spacial score (nSPS) is 10.7. The smallest absolute Gasteiger partial charge is 0.404 e. The van der Waals surface area contributed by atoms with E-state index in [1.165, 1.54) is 30.0 Å². The van der Waals surface area contributed by atoms with Gasteiger partial charge in [0.2, 0.25) is 0 Å². The first-order valence-corrected chi connectivity index (χ1v) is 8.81. The van der Waals surface area contributed by atoms with Crippen molar-refractivity contribution in [1.29, 1.82) is 0 Å². The maximum atomic E-state index is 13.7. The van der Waals surface area contributed by atoms with E-state index >= 15 is 0 Å². The fourth-order valence-electron chi connectivity index (χ4n) is 2.25. The molecule has 0 unspecified atom stereocenters. The van der Waals surface area contributed by atoms with Crippen molar-refractivity contribution in [2.45, 2.75) is 16.3 Å². The van der Waals surface area contributed by atoms with Gasteiger partial charge in [0.1, 0.15) is 10.8 Å². The molecule has 0 aliphatic carbocycles. The van der Waals surface area contributed by atoms with Gasteiger partial charge >= 0.3 is 6.09 Å². The van der Waals surface area contributed by atoms with Crippen LogP contribution in [-0.2, 0) is 6.42 Å². The Morgan fingerprint density at radius 2 is 2.19 bits per heavy atom. The van der Waals surface area contributed by atoms with Crippen molar-refractivity contribution in [3.05, 3.63) is 65.3 Å². The third-order valence-electron chi connectivity index (χ3n) is 3.38. The van der Waals surface area contributed by atoms with E-state index in [1.54, 1.807) is 17.1 Å². The lowest BCUT2D eigenvalue weighted by Gasteiger charge is -2.09. The summed E-state index contributed by atoms with van der Waals surface area (Å²) in [5.41, 5.74) is 1.07. The fourth-order valence-corrected chi connectivity index (χ4v) is 3.37. The third-order valence-corrected chi connectivity index (χ3v) is 4.67. The number of amides is 1. The Labute approximate surface area is 158 Å². The molecular formula is C17H14ClFN4O2S. The number of pyridine rings is 1. The number of carbonyl (C=O) groups is 1. The number of halogens is 2. The molecule has 0 bridgehead atoms. The zero-order valence-electron chi connectivity index (χ0n) is 13.4. The molecule has 3 aromatic rings. The molecule has 2 aromatic heterocycles. The Hall–Kier alpha value is -2.58. The molecule has 2 N–H and O–H groups in total. The summed E-state index contributed by atoms with van der Waals surface area (Å²) in [7, 11) is 0. The van der Waals surface area contributed by atoms with E-state index in [2.05, 4.69) is 15.4 Å². The molecule has 0 aliphatic heterocycles. The van der Waals surface area contributed by atoms with Crippen LogP contribution in [0.2, 0.25) is 5.02 Å². The second kappa shape index (κ2) is 8.20. The summed E-state index contributed by atoms with van der Waals surface area (Å²) in [4.78, 5) is 15.6. The molecule has 2 heterocycles. The van der Waals surface area contributed by atoms with Crippen LogP contribution in [0.5, 0.6) is 0 Å². The van der Waals surface area contributed by atoms with Crippen molar-refractivity contribution < 1.29 is 14.3 Å². The molecule has 0 spiro atoms. The lowest BCUT2D eigenvalue weighted by atomic mass is 10.3. The Morgan fingerprint density at radius 1 is 1.35 bits per heavy atom. The van der Waals surface area contributed by atoms with Crippen molar-refractivity contribution in [3.63, 3.8) is 0 Å². The van der Waals surface area contributed by atoms with E-state index < -0.39 is 11.9 Å². The number of hydrogen-bond acceptors (Lipinski definition) is 4. The van der Waals surface area contributed by atoms with Gasteiger partial charge in [0.05, 0.1) is 16.4 Å². The minimum absolute atomic E-state index is 0.222. The molecule has 9 heteroatoms. The molecule has 26 heavy (non-hydrogen) atoms. The van der Waals surface area contributed by atoms with Crippen LogP contribution < -0.4 is 5.32 Å². The van der Waals surface area contributed by atoms with Crippen LogP contribution >= 0.6 is 23.4 Å². The van der Waals surface area contributed by atoms with Gasteiger partial charge in [0, 0.05) is 36.3 Å². The van der Waals surface area contributed by atoms with Crippen molar-refractivity contribution in [2.24, 2.45) is 0 Å². The monoisotopic (exact) mass is 392 g/mol. The highest BCUT2D eigenvalue weighted by Crippen LogP contribution is 2.32. The molecule has 0 saturated heterocycles. The summed E-state index contributed by atoms with van der Waals surface area (Å²) in [6, 6.07) is 9.59. The minimum Gasteiger partial charge on any atom is -0.465 e. The lowest BCUT2D eigenvalue weighted by Crippen LogP contribution is -2.23. The SMILES string of the molecule is O=C(O)NCCc1cc(Sc2cccnc2)n(-c2cc(F)ccc2Cl)n1. The second-order valence-electron chi connectivity index (χ2n) is 5.25. The standard InChI is InChI=1S/C17H14ClFN4O2S/c18-14-4-3-11(19)8-15(14)23-16(26-13-2-1-6-20-10-13)9-12(22-23)5-7-21-17(24)25/h1-4,6,8-10,21H,5,7H2,(H,24,25). The number of aromatic nitrogens is 3. The topological polar surface area (TPSA) is 80.0 Å². The van der Waals surface area contributed by atoms with Gasteiger partial charge in [-0.25, -0.2) is 13.9 Å². The van der Waals surface area contributed by atoms with Crippen LogP contribution in [0, 0.1) is 5.82 Å². The zero-order chi connectivity index (χ0) is 18.5. The summed E-state index contributed by atoms with van der Waals surface area (Å²) in [6.45, 7) is 0.222. The number of nitrogens with zero attached hydrogens (tertiary/aromatic N) is 3. The minimum atomic E-state index is -1.09. The molecule has 3 rings (SSSR count). The number of benzene rings is 1. The zero-order valence-corrected chi connectivity index (χ0v) is 15.0. The highest BCUT2D eigenvalue weighted by atomic mass is 35.5. The van der Waals surface area contributed by atoms with E-state index in [1.807, 2.05) is 18.2 Å². The highest BCUT2D eigenvalue weighted by molar-refractivity contribution is 7.99. The van der Waals surface area contributed by atoms with Gasteiger partial charge in [0.25, 0.3) is 0 Å². The van der Waals surface area contributed by atoms with Crippen LogP contribution in [0.3, 0.4) is 0 Å². The van der Waals surface area contributed by atoms with Crippen molar-refractivity contribution in [1.82, 2.24) is 20.1 Å². The van der Waals surface area contributed by atoms with Crippen molar-refractivity contribution in [2.75, 3.05) is 6.54 Å². The molecule has 0 fully saturated rings. The Balaban J connectivity index is 1.95. The summed E-state index contributed by atoms with van der Waals surface area (Å²) >= 11 is 7.63. The number of rotatable bonds is 6. The Morgan fingerprint density at radius 3 is 2.92 bits per heavy atom. The first-order valence-electron chi connectivity index (χ1n) is 7.62. The summed E-state index contributed by atoms with van der Waals surface area (Å²) in [6.07, 6.45) is 2.68. The van der Waals surface area contributed by atoms with E-state index in [4.69, 9.17) is 16.7 Å². The first-order chi connectivity index (χ1) is 12.5. The molecule has 134 valence electrons. The molecule has 1 amide bonds. The Kier molecular flexibility index (Phi) is 5.75. The van der Waals surface area contributed by atoms with Gasteiger partial charge in [0.15, 0.2) is 0 Å².